The molecule has 0 aliphatic carbocycles. The summed E-state index contributed by atoms with van der Waals surface area (Å²) >= 11 is 10.0. The van der Waals surface area contributed by atoms with Crippen LogP contribution in [0.15, 0.2) is 21.5 Å². The molecule has 1 saturated heterocycles. The van der Waals surface area contributed by atoms with Gasteiger partial charge in [-0.25, -0.2) is 0 Å². The fourth-order valence-corrected chi connectivity index (χ4v) is 4.52. The average Bonchev–Trinajstić information content (AvgIpc) is 2.87. The number of benzene rings is 1. The number of carbonyl (C=O) groups excluding carboxylic acids is 1. The molecule has 1 N–H and O–H groups in total. The van der Waals surface area contributed by atoms with E-state index < -0.39 is 5.97 Å². The van der Waals surface area contributed by atoms with Crippen molar-refractivity contribution >= 4 is 62.2 Å². The summed E-state index contributed by atoms with van der Waals surface area (Å²) < 4.78 is 11.9. The summed E-state index contributed by atoms with van der Waals surface area (Å²) in [5, 5.41) is 8.66. The van der Waals surface area contributed by atoms with Crippen molar-refractivity contribution in [3.05, 3.63) is 27.1 Å². The molecule has 1 aliphatic rings. The van der Waals surface area contributed by atoms with Crippen LogP contribution in [0, 0.1) is 0 Å². The van der Waals surface area contributed by atoms with E-state index in [1.165, 1.54) is 11.8 Å². The van der Waals surface area contributed by atoms with Crippen LogP contribution in [0.2, 0.25) is 0 Å². The lowest BCUT2D eigenvalue weighted by Crippen LogP contribution is -2.29. The lowest BCUT2D eigenvalue weighted by atomic mass is 10.1. The Balaban J connectivity index is 2.07. The maximum Gasteiger partial charge on any atom is 0.303 e. The second kappa shape index (κ2) is 10.1. The van der Waals surface area contributed by atoms with Crippen LogP contribution in [0.1, 0.15) is 31.2 Å². The summed E-state index contributed by atoms with van der Waals surface area (Å²) in [6.45, 7) is 0.497. The van der Waals surface area contributed by atoms with Crippen LogP contribution in [0.25, 0.3) is 6.08 Å². The number of thioether (sulfide) groups is 1. The Kier molecular flexibility index (Phi) is 8.12. The van der Waals surface area contributed by atoms with Gasteiger partial charge in [-0.15, -0.1) is 0 Å². The van der Waals surface area contributed by atoms with Crippen molar-refractivity contribution in [3.63, 3.8) is 0 Å². The lowest BCUT2D eigenvalue weighted by Gasteiger charge is -2.14. The van der Waals surface area contributed by atoms with Crippen molar-refractivity contribution < 1.29 is 24.2 Å². The van der Waals surface area contributed by atoms with E-state index in [1.807, 2.05) is 6.07 Å². The van der Waals surface area contributed by atoms with Gasteiger partial charge in [0.15, 0.2) is 11.5 Å². The molecular weight excluding hydrogens is 454 g/mol. The van der Waals surface area contributed by atoms with Crippen LogP contribution < -0.4 is 9.47 Å². The van der Waals surface area contributed by atoms with Gasteiger partial charge in [-0.05, 0) is 52.5 Å². The van der Waals surface area contributed by atoms with E-state index in [0.29, 0.717) is 33.7 Å². The third-order valence-corrected chi connectivity index (χ3v) is 5.87. The van der Waals surface area contributed by atoms with Crippen LogP contribution in [0.4, 0.5) is 0 Å². The van der Waals surface area contributed by atoms with Crippen LogP contribution in [-0.2, 0) is 9.59 Å². The number of aliphatic carboxylic acids is 1. The van der Waals surface area contributed by atoms with E-state index in [-0.39, 0.29) is 12.3 Å². The summed E-state index contributed by atoms with van der Waals surface area (Å²) in [4.78, 5) is 25.3. The number of methoxy groups -OCH3 is 2. The summed E-state index contributed by atoms with van der Waals surface area (Å²) in [5.74, 6) is 0.217. The normalized spacial score (nSPS) is 15.5. The third-order valence-electron chi connectivity index (χ3n) is 3.90. The Hall–Kier alpha value is -1.58. The Morgan fingerprint density at radius 3 is 2.67 bits per heavy atom. The molecule has 0 spiro atoms. The van der Waals surface area contributed by atoms with Crippen molar-refractivity contribution in [2.75, 3.05) is 20.8 Å². The molecule has 27 heavy (non-hydrogen) atoms. The molecule has 1 amide bonds. The molecule has 0 atom stereocenters. The van der Waals surface area contributed by atoms with Crippen LogP contribution in [-0.4, -0.2) is 47.0 Å². The highest BCUT2D eigenvalue weighted by Crippen LogP contribution is 2.38. The topological polar surface area (TPSA) is 76.1 Å². The summed E-state index contributed by atoms with van der Waals surface area (Å²) in [6, 6.07) is 3.64. The molecule has 1 aliphatic heterocycles. The van der Waals surface area contributed by atoms with Gasteiger partial charge in [0.1, 0.15) is 4.32 Å². The number of ether oxygens (including phenoxy) is 2. The minimum absolute atomic E-state index is 0.130. The van der Waals surface area contributed by atoms with Crippen LogP contribution >= 0.6 is 39.9 Å². The SMILES string of the molecule is COc1cc(/C=C2\SC(=S)N(CCCCCC(=O)O)C2=O)cc(Br)c1OC. The van der Waals surface area contributed by atoms with Crippen molar-refractivity contribution in [1.29, 1.82) is 0 Å². The van der Waals surface area contributed by atoms with Gasteiger partial charge in [0.05, 0.1) is 23.6 Å². The number of carbonyl (C=O) groups is 2. The number of nitrogens with zero attached hydrogens (tertiary/aromatic N) is 1. The van der Waals surface area contributed by atoms with Gasteiger partial charge < -0.3 is 14.6 Å². The highest BCUT2D eigenvalue weighted by molar-refractivity contribution is 9.10. The largest absolute Gasteiger partial charge is 0.493 e. The first-order chi connectivity index (χ1) is 12.9. The van der Waals surface area contributed by atoms with Crippen molar-refractivity contribution in [2.45, 2.75) is 25.7 Å². The number of carboxylic acid groups (broad SMARTS) is 1. The van der Waals surface area contributed by atoms with Gasteiger partial charge in [-0.2, -0.15) is 0 Å². The smallest absolute Gasteiger partial charge is 0.303 e. The fraction of sp³-hybridized carbons (Fsp3) is 0.389. The molecule has 0 radical (unpaired) electrons. The first-order valence-corrected chi connectivity index (χ1v) is 10.3. The molecule has 0 saturated carbocycles. The molecule has 1 aromatic rings. The molecule has 1 aromatic carbocycles. The summed E-state index contributed by atoms with van der Waals surface area (Å²) in [5.41, 5.74) is 0.793. The van der Waals surface area contributed by atoms with Gasteiger partial charge in [0.25, 0.3) is 5.91 Å². The van der Waals surface area contributed by atoms with E-state index in [0.717, 1.165) is 22.9 Å². The molecule has 9 heteroatoms. The zero-order valence-corrected chi connectivity index (χ0v) is 18.2. The molecule has 0 aromatic heterocycles. The molecule has 0 unspecified atom stereocenters. The van der Waals surface area contributed by atoms with Crippen LogP contribution in [0.5, 0.6) is 11.5 Å². The zero-order valence-electron chi connectivity index (χ0n) is 15.0. The maximum atomic E-state index is 12.6. The first-order valence-electron chi connectivity index (χ1n) is 8.26. The number of carboxylic acids is 1. The lowest BCUT2D eigenvalue weighted by molar-refractivity contribution is -0.137. The van der Waals surface area contributed by atoms with Gasteiger partial charge in [-0.3, -0.25) is 14.5 Å². The van der Waals surface area contributed by atoms with Gasteiger partial charge in [0.2, 0.25) is 0 Å². The van der Waals surface area contributed by atoms with E-state index in [2.05, 4.69) is 15.9 Å². The molecule has 1 heterocycles. The highest BCUT2D eigenvalue weighted by Gasteiger charge is 2.31. The number of unbranched alkanes of at least 4 members (excludes halogenated alkanes) is 2. The van der Waals surface area contributed by atoms with Crippen molar-refractivity contribution in [2.24, 2.45) is 0 Å². The van der Waals surface area contributed by atoms with Crippen molar-refractivity contribution in [1.82, 2.24) is 4.90 Å². The van der Waals surface area contributed by atoms with E-state index in [1.54, 1.807) is 31.3 Å². The highest BCUT2D eigenvalue weighted by atomic mass is 79.9. The summed E-state index contributed by atoms with van der Waals surface area (Å²) in [7, 11) is 3.11. The first kappa shape index (κ1) is 21.7. The van der Waals surface area contributed by atoms with E-state index in [9.17, 15) is 9.59 Å². The van der Waals surface area contributed by atoms with E-state index in [4.69, 9.17) is 26.8 Å². The molecule has 0 bridgehead atoms. The number of rotatable bonds is 9. The Bertz CT molecular complexity index is 781. The number of halogens is 1. The molecular formula is C18H20BrNO5S2. The minimum Gasteiger partial charge on any atom is -0.493 e. The molecule has 146 valence electrons. The van der Waals surface area contributed by atoms with Crippen molar-refractivity contribution in [3.8, 4) is 11.5 Å². The number of thiocarbonyl (C=S) groups is 1. The minimum atomic E-state index is -0.801. The number of amides is 1. The zero-order chi connectivity index (χ0) is 20.0. The molecule has 1 fully saturated rings. The Labute approximate surface area is 176 Å². The molecule has 6 nitrogen and oxygen atoms in total. The fourth-order valence-electron chi connectivity index (χ4n) is 2.59. The quantitative estimate of drug-likeness (QED) is 0.325. The van der Waals surface area contributed by atoms with Gasteiger partial charge in [-0.1, -0.05) is 30.4 Å². The average molecular weight is 474 g/mol. The predicted molar refractivity (Wildman–Crippen MR) is 113 cm³/mol. The standard InChI is InChI=1S/C18H20BrNO5S2/c1-24-13-9-11(8-12(19)16(13)25-2)10-14-17(23)20(18(26)27-14)7-5-3-4-6-15(21)22/h8-10H,3-7H2,1-2H3,(H,21,22)/b14-10-. The molecule has 2 rings (SSSR count). The second-order valence-corrected chi connectivity index (χ2v) is 8.31. The monoisotopic (exact) mass is 473 g/mol. The predicted octanol–water partition coefficient (Wildman–Crippen LogP) is 4.31. The second-order valence-electron chi connectivity index (χ2n) is 5.78. The van der Waals surface area contributed by atoms with Gasteiger partial charge in [0, 0.05) is 13.0 Å². The maximum absolute atomic E-state index is 12.6. The Morgan fingerprint density at radius 1 is 1.30 bits per heavy atom. The third kappa shape index (κ3) is 5.70. The van der Waals surface area contributed by atoms with Crippen LogP contribution in [0.3, 0.4) is 0 Å². The number of hydrogen-bond acceptors (Lipinski definition) is 6. The van der Waals surface area contributed by atoms with Gasteiger partial charge >= 0.3 is 5.97 Å². The van der Waals surface area contributed by atoms with E-state index >= 15 is 0 Å². The summed E-state index contributed by atoms with van der Waals surface area (Å²) in [6.07, 6.45) is 3.97. The number of hydrogen-bond donors (Lipinski definition) is 1. The Morgan fingerprint density at radius 2 is 2.04 bits per heavy atom.